The summed E-state index contributed by atoms with van der Waals surface area (Å²) < 4.78 is 1.05. The molecule has 0 atom stereocenters. The van der Waals surface area contributed by atoms with E-state index in [4.69, 9.17) is 16.9 Å². The number of nitrogens with zero attached hydrogens (tertiary/aromatic N) is 1. The van der Waals surface area contributed by atoms with Gasteiger partial charge in [0.1, 0.15) is 6.07 Å². The van der Waals surface area contributed by atoms with Crippen molar-refractivity contribution in [2.45, 2.75) is 13.8 Å². The van der Waals surface area contributed by atoms with E-state index in [2.05, 4.69) is 27.3 Å². The molecule has 0 heterocycles. The lowest BCUT2D eigenvalue weighted by molar-refractivity contribution is 1.34. The van der Waals surface area contributed by atoms with Gasteiger partial charge in [0.2, 0.25) is 0 Å². The van der Waals surface area contributed by atoms with E-state index >= 15 is 0 Å². The molecule has 0 unspecified atom stereocenters. The first-order valence-electron chi connectivity index (χ1n) is 5.74. The molecule has 19 heavy (non-hydrogen) atoms. The summed E-state index contributed by atoms with van der Waals surface area (Å²) >= 11 is 9.37. The van der Waals surface area contributed by atoms with Crippen molar-refractivity contribution >= 4 is 38.9 Å². The van der Waals surface area contributed by atoms with Gasteiger partial charge in [-0.1, -0.05) is 27.5 Å². The van der Waals surface area contributed by atoms with Crippen LogP contribution in [0.1, 0.15) is 16.7 Å². The van der Waals surface area contributed by atoms with E-state index in [1.807, 2.05) is 32.0 Å². The van der Waals surface area contributed by atoms with Gasteiger partial charge in [-0.25, -0.2) is 0 Å². The molecule has 2 aromatic carbocycles. The molecule has 1 N–H and O–H groups in total. The Hall–Kier alpha value is -1.50. The Morgan fingerprint density at radius 3 is 2.37 bits per heavy atom. The summed E-state index contributed by atoms with van der Waals surface area (Å²) in [6.45, 7) is 4.06. The summed E-state index contributed by atoms with van der Waals surface area (Å²) in [4.78, 5) is 0. The lowest BCUT2D eigenvalue weighted by Gasteiger charge is -2.14. The number of benzene rings is 2. The molecule has 0 aliphatic rings. The SMILES string of the molecule is Cc1cc(Br)cc(C)c1Nc1ccc(Cl)cc1C#N. The first kappa shape index (κ1) is 13.9. The maximum Gasteiger partial charge on any atom is 0.101 e. The van der Waals surface area contributed by atoms with Crippen LogP contribution >= 0.6 is 27.5 Å². The zero-order valence-corrected chi connectivity index (χ0v) is 12.9. The summed E-state index contributed by atoms with van der Waals surface area (Å²) in [5, 5.41) is 13.0. The van der Waals surface area contributed by atoms with Crippen LogP contribution in [0.4, 0.5) is 11.4 Å². The first-order valence-corrected chi connectivity index (χ1v) is 6.92. The first-order chi connectivity index (χ1) is 9.01. The maximum atomic E-state index is 9.15. The van der Waals surface area contributed by atoms with Crippen LogP contribution in [0.25, 0.3) is 0 Å². The molecule has 0 radical (unpaired) electrons. The third-order valence-corrected chi connectivity index (χ3v) is 3.55. The van der Waals surface area contributed by atoms with Gasteiger partial charge >= 0.3 is 0 Å². The molecule has 0 saturated heterocycles. The Bertz CT molecular complexity index is 651. The van der Waals surface area contributed by atoms with Crippen molar-refractivity contribution in [2.24, 2.45) is 0 Å². The zero-order valence-electron chi connectivity index (χ0n) is 10.6. The number of anilines is 2. The van der Waals surface area contributed by atoms with Crippen molar-refractivity contribution in [1.29, 1.82) is 5.26 Å². The van der Waals surface area contributed by atoms with Crippen LogP contribution in [0.3, 0.4) is 0 Å². The molecule has 0 bridgehead atoms. The smallest absolute Gasteiger partial charge is 0.101 e. The molecule has 0 spiro atoms. The fraction of sp³-hybridized carbons (Fsp3) is 0.133. The average Bonchev–Trinajstić information content (AvgIpc) is 2.35. The van der Waals surface area contributed by atoms with Crippen LogP contribution in [-0.4, -0.2) is 0 Å². The van der Waals surface area contributed by atoms with Crippen LogP contribution in [0.15, 0.2) is 34.8 Å². The molecule has 0 aromatic heterocycles. The number of halogens is 2. The average molecular weight is 336 g/mol. The zero-order chi connectivity index (χ0) is 14.0. The number of hydrogen-bond donors (Lipinski definition) is 1. The molecule has 0 amide bonds. The largest absolute Gasteiger partial charge is 0.354 e. The highest BCUT2D eigenvalue weighted by Gasteiger charge is 2.08. The van der Waals surface area contributed by atoms with E-state index in [1.165, 1.54) is 0 Å². The number of hydrogen-bond acceptors (Lipinski definition) is 2. The van der Waals surface area contributed by atoms with E-state index in [9.17, 15) is 0 Å². The number of nitriles is 1. The summed E-state index contributed by atoms with van der Waals surface area (Å²) in [6, 6.07) is 11.5. The van der Waals surface area contributed by atoms with E-state index in [1.54, 1.807) is 12.1 Å². The second-order valence-corrected chi connectivity index (χ2v) is 5.69. The van der Waals surface area contributed by atoms with Gasteiger partial charge < -0.3 is 5.32 Å². The fourth-order valence-corrected chi connectivity index (χ4v) is 2.82. The van der Waals surface area contributed by atoms with Gasteiger partial charge in [-0.05, 0) is 55.3 Å². The topological polar surface area (TPSA) is 35.8 Å². The van der Waals surface area contributed by atoms with Gasteiger partial charge in [0.25, 0.3) is 0 Å². The van der Waals surface area contributed by atoms with Gasteiger partial charge in [-0.2, -0.15) is 5.26 Å². The second-order valence-electron chi connectivity index (χ2n) is 4.34. The molecular formula is C15H12BrClN2. The van der Waals surface area contributed by atoms with Crippen LogP contribution in [0, 0.1) is 25.2 Å². The Labute approximate surface area is 126 Å². The summed E-state index contributed by atoms with van der Waals surface area (Å²) in [5.41, 5.74) is 4.55. The second kappa shape index (κ2) is 5.64. The maximum absolute atomic E-state index is 9.15. The van der Waals surface area contributed by atoms with Crippen LogP contribution < -0.4 is 5.32 Å². The molecule has 0 saturated carbocycles. The monoisotopic (exact) mass is 334 g/mol. The highest BCUT2D eigenvalue weighted by atomic mass is 79.9. The highest BCUT2D eigenvalue weighted by molar-refractivity contribution is 9.10. The van der Waals surface area contributed by atoms with Crippen LogP contribution in [0.2, 0.25) is 5.02 Å². The molecule has 0 fully saturated rings. The third kappa shape index (κ3) is 3.09. The van der Waals surface area contributed by atoms with Crippen molar-refractivity contribution < 1.29 is 0 Å². The molecule has 0 aliphatic carbocycles. The number of aryl methyl sites for hydroxylation is 2. The predicted molar refractivity (Wildman–Crippen MR) is 83.1 cm³/mol. The van der Waals surface area contributed by atoms with Gasteiger partial charge in [0.15, 0.2) is 0 Å². The van der Waals surface area contributed by atoms with Crippen molar-refractivity contribution in [3.63, 3.8) is 0 Å². The molecule has 4 heteroatoms. The lowest BCUT2D eigenvalue weighted by Crippen LogP contribution is -1.98. The van der Waals surface area contributed by atoms with Gasteiger partial charge in [0.05, 0.1) is 11.3 Å². The quantitative estimate of drug-likeness (QED) is 0.804. The van der Waals surface area contributed by atoms with Crippen LogP contribution in [-0.2, 0) is 0 Å². The molecule has 2 nitrogen and oxygen atoms in total. The minimum atomic E-state index is 0.536. The fourth-order valence-electron chi connectivity index (χ4n) is 1.96. The lowest BCUT2D eigenvalue weighted by atomic mass is 10.1. The van der Waals surface area contributed by atoms with Gasteiger partial charge in [-0.3, -0.25) is 0 Å². The van der Waals surface area contributed by atoms with Crippen molar-refractivity contribution in [1.82, 2.24) is 0 Å². The Morgan fingerprint density at radius 2 is 1.79 bits per heavy atom. The molecule has 2 aromatic rings. The van der Waals surface area contributed by atoms with Gasteiger partial charge in [0, 0.05) is 15.2 Å². The Kier molecular flexibility index (Phi) is 4.14. The molecule has 0 aliphatic heterocycles. The van der Waals surface area contributed by atoms with E-state index in [0.29, 0.717) is 10.6 Å². The van der Waals surface area contributed by atoms with E-state index in [0.717, 1.165) is 27.0 Å². The minimum Gasteiger partial charge on any atom is -0.354 e. The van der Waals surface area contributed by atoms with E-state index in [-0.39, 0.29) is 0 Å². The normalized spacial score (nSPS) is 10.1. The summed E-state index contributed by atoms with van der Waals surface area (Å²) in [7, 11) is 0. The van der Waals surface area contributed by atoms with Gasteiger partial charge in [-0.15, -0.1) is 0 Å². The van der Waals surface area contributed by atoms with Crippen molar-refractivity contribution in [3.05, 3.63) is 56.5 Å². The highest BCUT2D eigenvalue weighted by Crippen LogP contribution is 2.30. The Balaban J connectivity index is 2.45. The standard InChI is InChI=1S/C15H12BrClN2/c1-9-5-12(16)6-10(2)15(9)19-14-4-3-13(17)7-11(14)8-18/h3-7,19H,1-2H3. The molecular weight excluding hydrogens is 324 g/mol. The molecule has 2 rings (SSSR count). The third-order valence-electron chi connectivity index (χ3n) is 2.86. The molecule has 96 valence electrons. The number of nitrogens with one attached hydrogen (secondary N) is 1. The number of rotatable bonds is 2. The van der Waals surface area contributed by atoms with Crippen molar-refractivity contribution in [2.75, 3.05) is 5.32 Å². The van der Waals surface area contributed by atoms with E-state index < -0.39 is 0 Å². The van der Waals surface area contributed by atoms with Crippen molar-refractivity contribution in [3.8, 4) is 6.07 Å². The predicted octanol–water partition coefficient (Wildman–Crippen LogP) is 5.33. The summed E-state index contributed by atoms with van der Waals surface area (Å²) in [6.07, 6.45) is 0. The Morgan fingerprint density at radius 1 is 1.16 bits per heavy atom. The van der Waals surface area contributed by atoms with Crippen LogP contribution in [0.5, 0.6) is 0 Å². The minimum absolute atomic E-state index is 0.536. The summed E-state index contributed by atoms with van der Waals surface area (Å²) in [5.74, 6) is 0.